The van der Waals surface area contributed by atoms with Gasteiger partial charge >= 0.3 is 5.76 Å². The molecule has 4 nitrogen and oxygen atoms in total. The summed E-state index contributed by atoms with van der Waals surface area (Å²) in [5.41, 5.74) is 1.07. The molecule has 140 valence electrons. The molecule has 3 rings (SSSR count). The Kier molecular flexibility index (Phi) is 5.67. The van der Waals surface area contributed by atoms with Crippen molar-refractivity contribution >= 4 is 27.1 Å². The molecule has 1 N–H and O–H groups in total. The zero-order chi connectivity index (χ0) is 19.4. The van der Waals surface area contributed by atoms with Crippen LogP contribution in [0.25, 0.3) is 0 Å². The van der Waals surface area contributed by atoms with Crippen molar-refractivity contribution in [1.82, 2.24) is 5.32 Å². The first-order valence-electron chi connectivity index (χ1n) is 7.91. The molecule has 0 saturated carbocycles. The van der Waals surface area contributed by atoms with Gasteiger partial charge in [-0.05, 0) is 41.3 Å². The van der Waals surface area contributed by atoms with Crippen LogP contribution in [0.15, 0.2) is 77.0 Å². The molecule has 1 heterocycles. The summed E-state index contributed by atoms with van der Waals surface area (Å²) >= 11 is 1.49. The first-order valence-corrected chi connectivity index (χ1v) is 10.3. The number of carbonyl (C=O) groups excluding carboxylic acids is 1. The molecule has 1 atom stereocenters. The number of benzene rings is 2. The van der Waals surface area contributed by atoms with Gasteiger partial charge in [0, 0.05) is 10.4 Å². The number of halogens is 2. The van der Waals surface area contributed by atoms with Crippen molar-refractivity contribution in [2.75, 3.05) is 0 Å². The van der Waals surface area contributed by atoms with Crippen molar-refractivity contribution < 1.29 is 22.0 Å². The van der Waals surface area contributed by atoms with Crippen LogP contribution < -0.4 is 5.32 Å². The minimum absolute atomic E-state index is 0.181. The summed E-state index contributed by atoms with van der Waals surface area (Å²) in [6, 6.07) is 17.3. The Balaban J connectivity index is 1.85. The topological polar surface area (TPSA) is 63.2 Å². The molecule has 0 aliphatic rings. The third-order valence-corrected chi connectivity index (χ3v) is 6.25. The Bertz CT molecular complexity index is 1000. The fourth-order valence-corrected chi connectivity index (χ4v) is 4.06. The maximum Gasteiger partial charge on any atom is 0.341 e. The van der Waals surface area contributed by atoms with Gasteiger partial charge in [0.25, 0.3) is 5.91 Å². The van der Waals surface area contributed by atoms with Gasteiger partial charge in [0.05, 0.1) is 10.9 Å². The van der Waals surface area contributed by atoms with E-state index in [-0.39, 0.29) is 11.6 Å². The summed E-state index contributed by atoms with van der Waals surface area (Å²) in [5, 5.41) is 4.81. The predicted octanol–water partition coefficient (Wildman–Crippen LogP) is 4.26. The highest BCUT2D eigenvalue weighted by molar-refractivity contribution is 7.91. The van der Waals surface area contributed by atoms with E-state index < -0.39 is 26.4 Å². The smallest absolute Gasteiger partial charge is 0.340 e. The highest BCUT2D eigenvalue weighted by atomic mass is 32.2. The average molecular weight is 407 g/mol. The molecule has 0 aliphatic carbocycles. The Morgan fingerprint density at radius 3 is 2.15 bits per heavy atom. The van der Waals surface area contributed by atoms with Gasteiger partial charge in [-0.25, -0.2) is 8.42 Å². The van der Waals surface area contributed by atoms with Gasteiger partial charge in [0.1, 0.15) is 0 Å². The highest BCUT2D eigenvalue weighted by Gasteiger charge is 2.26. The Morgan fingerprint density at radius 1 is 0.926 bits per heavy atom. The van der Waals surface area contributed by atoms with Gasteiger partial charge in [0.2, 0.25) is 9.84 Å². The molecule has 1 aromatic heterocycles. The number of hydrogen-bond donors (Lipinski definition) is 1. The van der Waals surface area contributed by atoms with Crippen LogP contribution in [0.1, 0.15) is 26.8 Å². The second-order valence-corrected chi connectivity index (χ2v) is 8.56. The first-order chi connectivity index (χ1) is 12.9. The molecule has 0 spiro atoms. The minimum Gasteiger partial charge on any atom is -0.340 e. The molecule has 0 aliphatic heterocycles. The van der Waals surface area contributed by atoms with E-state index in [0.29, 0.717) is 0 Å². The lowest BCUT2D eigenvalue weighted by molar-refractivity contribution is 0.0943. The number of carbonyl (C=O) groups is 1. The molecule has 2 aromatic carbocycles. The van der Waals surface area contributed by atoms with E-state index in [1.165, 1.54) is 23.5 Å². The van der Waals surface area contributed by atoms with Crippen molar-refractivity contribution in [3.05, 3.63) is 88.1 Å². The standard InChI is InChI=1S/C19H15F2NO3S2/c20-19(21)27(24,25)15-10-8-14(9-11-15)18(23)22-17(16-7-4-12-26-16)13-5-2-1-3-6-13/h1-12,17,19H,(H,22,23). The third-order valence-electron chi connectivity index (χ3n) is 3.92. The zero-order valence-electron chi connectivity index (χ0n) is 13.9. The quantitative estimate of drug-likeness (QED) is 0.664. The third kappa shape index (κ3) is 4.23. The molecule has 0 bridgehead atoms. The van der Waals surface area contributed by atoms with E-state index in [2.05, 4.69) is 5.32 Å². The summed E-state index contributed by atoms with van der Waals surface area (Å²) in [7, 11) is -4.68. The lowest BCUT2D eigenvalue weighted by Crippen LogP contribution is -2.28. The Hall–Kier alpha value is -2.58. The van der Waals surface area contributed by atoms with Gasteiger partial charge in [-0.1, -0.05) is 36.4 Å². The zero-order valence-corrected chi connectivity index (χ0v) is 15.5. The van der Waals surface area contributed by atoms with Gasteiger partial charge in [-0.15, -0.1) is 11.3 Å². The van der Waals surface area contributed by atoms with E-state index >= 15 is 0 Å². The van der Waals surface area contributed by atoms with E-state index in [0.717, 1.165) is 22.6 Å². The molecular formula is C19H15F2NO3S2. The molecule has 0 radical (unpaired) electrons. The van der Waals surface area contributed by atoms with Gasteiger partial charge in [0.15, 0.2) is 0 Å². The maximum absolute atomic E-state index is 12.6. The summed E-state index contributed by atoms with van der Waals surface area (Å²) in [4.78, 5) is 13.0. The SMILES string of the molecule is O=C(NC(c1ccccc1)c1cccs1)c1ccc(S(=O)(=O)C(F)F)cc1. The normalized spacial score (nSPS) is 12.7. The second kappa shape index (κ2) is 7.98. The number of thiophene rings is 1. The second-order valence-electron chi connectivity index (χ2n) is 5.66. The van der Waals surface area contributed by atoms with Crippen molar-refractivity contribution in [2.45, 2.75) is 16.7 Å². The molecule has 0 fully saturated rings. The van der Waals surface area contributed by atoms with Crippen LogP contribution in [0.2, 0.25) is 0 Å². The van der Waals surface area contributed by atoms with Crippen LogP contribution in [-0.2, 0) is 9.84 Å². The van der Waals surface area contributed by atoms with E-state index in [1.54, 1.807) is 0 Å². The Morgan fingerprint density at radius 2 is 1.59 bits per heavy atom. The van der Waals surface area contributed by atoms with Crippen LogP contribution in [0.5, 0.6) is 0 Å². The van der Waals surface area contributed by atoms with Crippen molar-refractivity contribution in [1.29, 1.82) is 0 Å². The van der Waals surface area contributed by atoms with E-state index in [1.807, 2.05) is 47.8 Å². The number of hydrogen-bond acceptors (Lipinski definition) is 4. The van der Waals surface area contributed by atoms with Gasteiger partial charge in [-0.3, -0.25) is 4.79 Å². The summed E-state index contributed by atoms with van der Waals surface area (Å²) in [6.07, 6.45) is 0. The van der Waals surface area contributed by atoms with Gasteiger partial charge in [-0.2, -0.15) is 8.78 Å². The molecule has 1 unspecified atom stereocenters. The fraction of sp³-hybridized carbons (Fsp3) is 0.105. The lowest BCUT2D eigenvalue weighted by atomic mass is 10.0. The summed E-state index contributed by atoms with van der Waals surface area (Å²) in [5.74, 6) is -3.93. The number of nitrogens with one attached hydrogen (secondary N) is 1. The minimum atomic E-state index is -4.68. The van der Waals surface area contributed by atoms with E-state index in [9.17, 15) is 22.0 Å². The molecule has 0 saturated heterocycles. The van der Waals surface area contributed by atoms with Gasteiger partial charge < -0.3 is 5.32 Å². The predicted molar refractivity (Wildman–Crippen MR) is 99.7 cm³/mol. The van der Waals surface area contributed by atoms with E-state index in [4.69, 9.17) is 0 Å². The molecule has 8 heteroatoms. The molecule has 1 amide bonds. The number of sulfone groups is 1. The van der Waals surface area contributed by atoms with Crippen LogP contribution >= 0.6 is 11.3 Å². The molecular weight excluding hydrogens is 392 g/mol. The highest BCUT2D eigenvalue weighted by Crippen LogP contribution is 2.26. The summed E-state index contributed by atoms with van der Waals surface area (Å²) in [6.45, 7) is 0. The largest absolute Gasteiger partial charge is 0.341 e. The van der Waals surface area contributed by atoms with Crippen molar-refractivity contribution in [3.8, 4) is 0 Å². The maximum atomic E-state index is 12.6. The molecule has 3 aromatic rings. The number of alkyl halides is 2. The lowest BCUT2D eigenvalue weighted by Gasteiger charge is -2.18. The van der Waals surface area contributed by atoms with Crippen molar-refractivity contribution in [2.24, 2.45) is 0 Å². The van der Waals surface area contributed by atoms with Crippen LogP contribution in [0, 0.1) is 0 Å². The first kappa shape index (κ1) is 19.2. The number of amides is 1. The van der Waals surface area contributed by atoms with Crippen LogP contribution in [0.4, 0.5) is 8.78 Å². The van der Waals surface area contributed by atoms with Crippen LogP contribution in [-0.4, -0.2) is 20.1 Å². The fourth-order valence-electron chi connectivity index (χ4n) is 2.53. The van der Waals surface area contributed by atoms with Crippen LogP contribution in [0.3, 0.4) is 0 Å². The monoisotopic (exact) mass is 407 g/mol. The van der Waals surface area contributed by atoms with Crippen molar-refractivity contribution in [3.63, 3.8) is 0 Å². The molecule has 27 heavy (non-hydrogen) atoms. The summed E-state index contributed by atoms with van der Waals surface area (Å²) < 4.78 is 48.2. The number of rotatable bonds is 6. The Labute approximate surface area is 159 Å². The average Bonchev–Trinajstić information content (AvgIpc) is 3.21.